The maximum atomic E-state index is 12.0. The summed E-state index contributed by atoms with van der Waals surface area (Å²) in [6, 6.07) is 16.7. The molecule has 0 saturated heterocycles. The van der Waals surface area contributed by atoms with Crippen LogP contribution in [0.25, 0.3) is 6.08 Å². The fourth-order valence-electron chi connectivity index (χ4n) is 1.84. The third-order valence-electron chi connectivity index (χ3n) is 3.16. The number of esters is 1. The maximum absolute atomic E-state index is 12.0. The molecule has 0 unspecified atom stereocenters. The van der Waals surface area contributed by atoms with Crippen molar-refractivity contribution in [2.24, 2.45) is 0 Å². The quantitative estimate of drug-likeness (QED) is 0.593. The van der Waals surface area contributed by atoms with Crippen LogP contribution in [0.5, 0.6) is 0 Å². The van der Waals surface area contributed by atoms with E-state index >= 15 is 0 Å². The van der Waals surface area contributed by atoms with Gasteiger partial charge in [-0.15, -0.1) is 0 Å². The predicted octanol–water partition coefficient (Wildman–Crippen LogP) is 3.67. The van der Waals surface area contributed by atoms with Gasteiger partial charge in [-0.2, -0.15) is 0 Å². The highest BCUT2D eigenvalue weighted by atomic mass is 79.9. The number of amides is 1. The molecular formula is C18H16BrNO3. The van der Waals surface area contributed by atoms with Gasteiger partial charge in [0.2, 0.25) is 0 Å². The van der Waals surface area contributed by atoms with Crippen LogP contribution in [-0.4, -0.2) is 25.5 Å². The first-order valence-electron chi connectivity index (χ1n) is 6.99. The molecule has 2 aromatic rings. The summed E-state index contributed by atoms with van der Waals surface area (Å²) >= 11 is 3.39. The zero-order chi connectivity index (χ0) is 16.7. The molecule has 4 nitrogen and oxygen atoms in total. The summed E-state index contributed by atoms with van der Waals surface area (Å²) in [6.07, 6.45) is 2.94. The van der Waals surface area contributed by atoms with E-state index in [0.29, 0.717) is 0 Å². The summed E-state index contributed by atoms with van der Waals surface area (Å²) in [5.41, 5.74) is 1.61. The number of likely N-dealkylation sites (N-methyl/N-ethyl adjacent to an activating group) is 1. The van der Waals surface area contributed by atoms with Crippen molar-refractivity contribution in [3.8, 4) is 0 Å². The Morgan fingerprint density at radius 1 is 1.09 bits per heavy atom. The number of rotatable bonds is 5. The molecule has 0 spiro atoms. The minimum atomic E-state index is -0.560. The number of carbonyl (C=O) groups is 2. The van der Waals surface area contributed by atoms with Crippen LogP contribution in [0, 0.1) is 0 Å². The van der Waals surface area contributed by atoms with Crippen molar-refractivity contribution in [2.75, 3.05) is 18.6 Å². The molecule has 2 rings (SSSR count). The van der Waals surface area contributed by atoms with E-state index in [9.17, 15) is 9.59 Å². The second-order valence-corrected chi connectivity index (χ2v) is 5.61. The van der Waals surface area contributed by atoms with Gasteiger partial charge in [0.15, 0.2) is 6.61 Å². The van der Waals surface area contributed by atoms with E-state index in [1.165, 1.54) is 11.0 Å². The summed E-state index contributed by atoms with van der Waals surface area (Å²) in [5, 5.41) is 0. The number of hydrogen-bond donors (Lipinski definition) is 0. The van der Waals surface area contributed by atoms with Crippen LogP contribution in [0.4, 0.5) is 5.69 Å². The standard InChI is InChI=1S/C18H16BrNO3/c1-20(15-8-3-2-4-9-15)17(21)13-23-18(22)12-11-14-7-5-6-10-16(14)19/h2-12H,13H2,1H3/b12-11+. The zero-order valence-electron chi connectivity index (χ0n) is 12.6. The first kappa shape index (κ1) is 17.0. The van der Waals surface area contributed by atoms with Crippen molar-refractivity contribution in [1.29, 1.82) is 0 Å². The van der Waals surface area contributed by atoms with Crippen LogP contribution in [0.15, 0.2) is 65.1 Å². The smallest absolute Gasteiger partial charge is 0.331 e. The van der Waals surface area contributed by atoms with Crippen molar-refractivity contribution in [2.45, 2.75) is 0 Å². The molecule has 5 heteroatoms. The van der Waals surface area contributed by atoms with Gasteiger partial charge >= 0.3 is 5.97 Å². The van der Waals surface area contributed by atoms with Gasteiger partial charge in [0, 0.05) is 23.3 Å². The topological polar surface area (TPSA) is 46.6 Å². The Morgan fingerprint density at radius 3 is 2.43 bits per heavy atom. The van der Waals surface area contributed by atoms with Gasteiger partial charge in [0.05, 0.1) is 0 Å². The molecule has 0 atom stereocenters. The van der Waals surface area contributed by atoms with Crippen LogP contribution < -0.4 is 4.90 Å². The van der Waals surface area contributed by atoms with E-state index in [-0.39, 0.29) is 12.5 Å². The highest BCUT2D eigenvalue weighted by Gasteiger charge is 2.12. The Bertz CT molecular complexity index is 713. The molecule has 2 aromatic carbocycles. The molecule has 0 saturated carbocycles. The summed E-state index contributed by atoms with van der Waals surface area (Å²) in [7, 11) is 1.64. The Hall–Kier alpha value is -2.40. The molecule has 1 amide bonds. The maximum Gasteiger partial charge on any atom is 0.331 e. The number of halogens is 1. The molecule has 0 radical (unpaired) electrons. The van der Waals surface area contributed by atoms with Gasteiger partial charge in [-0.05, 0) is 29.8 Å². The van der Waals surface area contributed by atoms with Gasteiger partial charge in [-0.1, -0.05) is 52.3 Å². The minimum absolute atomic E-state index is 0.293. The molecule has 0 aliphatic rings. The lowest BCUT2D eigenvalue weighted by Gasteiger charge is -2.16. The van der Waals surface area contributed by atoms with Gasteiger partial charge < -0.3 is 9.64 Å². The highest BCUT2D eigenvalue weighted by molar-refractivity contribution is 9.10. The van der Waals surface area contributed by atoms with Crippen LogP contribution in [0.2, 0.25) is 0 Å². The highest BCUT2D eigenvalue weighted by Crippen LogP contribution is 2.17. The fourth-order valence-corrected chi connectivity index (χ4v) is 2.26. The van der Waals surface area contributed by atoms with Crippen molar-refractivity contribution in [1.82, 2.24) is 0 Å². The molecule has 0 aliphatic carbocycles. The molecule has 0 heterocycles. The number of ether oxygens (including phenoxy) is 1. The van der Waals surface area contributed by atoms with Crippen molar-refractivity contribution in [3.63, 3.8) is 0 Å². The monoisotopic (exact) mass is 373 g/mol. The molecule has 0 N–H and O–H groups in total. The Kier molecular flexibility index (Phi) is 6.11. The minimum Gasteiger partial charge on any atom is -0.452 e. The Labute approximate surface area is 143 Å². The van der Waals surface area contributed by atoms with E-state index in [4.69, 9.17) is 4.74 Å². The first-order chi connectivity index (χ1) is 11.1. The molecule has 0 fully saturated rings. The molecule has 118 valence electrons. The van der Waals surface area contributed by atoms with Gasteiger partial charge in [0.25, 0.3) is 5.91 Å². The summed E-state index contributed by atoms with van der Waals surface area (Å²) in [5.74, 6) is -0.852. The van der Waals surface area contributed by atoms with Crippen molar-refractivity contribution in [3.05, 3.63) is 70.7 Å². The Morgan fingerprint density at radius 2 is 1.74 bits per heavy atom. The van der Waals surface area contributed by atoms with E-state index < -0.39 is 5.97 Å². The largest absolute Gasteiger partial charge is 0.452 e. The number of anilines is 1. The Balaban J connectivity index is 1.87. The van der Waals surface area contributed by atoms with Crippen molar-refractivity contribution < 1.29 is 14.3 Å². The molecule has 0 aliphatic heterocycles. The van der Waals surface area contributed by atoms with Crippen LogP contribution in [-0.2, 0) is 14.3 Å². The van der Waals surface area contributed by atoms with E-state index in [0.717, 1.165) is 15.7 Å². The zero-order valence-corrected chi connectivity index (χ0v) is 14.2. The number of para-hydroxylation sites is 1. The van der Waals surface area contributed by atoms with E-state index in [2.05, 4.69) is 15.9 Å². The average molecular weight is 374 g/mol. The second-order valence-electron chi connectivity index (χ2n) is 4.75. The van der Waals surface area contributed by atoms with Crippen molar-refractivity contribution >= 4 is 39.6 Å². The predicted molar refractivity (Wildman–Crippen MR) is 94.0 cm³/mol. The summed E-state index contributed by atoms with van der Waals surface area (Å²) in [6.45, 7) is -0.301. The molecule has 0 bridgehead atoms. The normalized spacial score (nSPS) is 10.5. The fraction of sp³-hybridized carbons (Fsp3) is 0.111. The van der Waals surface area contributed by atoms with Gasteiger partial charge in [-0.25, -0.2) is 4.79 Å². The molecule has 23 heavy (non-hydrogen) atoms. The van der Waals surface area contributed by atoms with Crippen LogP contribution in [0.3, 0.4) is 0 Å². The SMILES string of the molecule is CN(C(=O)COC(=O)/C=C/c1ccccc1Br)c1ccccc1. The number of carbonyl (C=O) groups excluding carboxylic acids is 2. The lowest BCUT2D eigenvalue weighted by Crippen LogP contribution is -2.30. The van der Waals surface area contributed by atoms with Crippen LogP contribution >= 0.6 is 15.9 Å². The first-order valence-corrected chi connectivity index (χ1v) is 7.78. The van der Waals surface area contributed by atoms with E-state index in [1.54, 1.807) is 13.1 Å². The molecular weight excluding hydrogens is 358 g/mol. The summed E-state index contributed by atoms with van der Waals surface area (Å²) in [4.78, 5) is 25.1. The second kappa shape index (κ2) is 8.29. The van der Waals surface area contributed by atoms with E-state index in [1.807, 2.05) is 54.6 Å². The molecule has 0 aromatic heterocycles. The lowest BCUT2D eigenvalue weighted by atomic mass is 10.2. The van der Waals surface area contributed by atoms with Gasteiger partial charge in [0.1, 0.15) is 0 Å². The lowest BCUT2D eigenvalue weighted by molar-refractivity contribution is -0.142. The average Bonchev–Trinajstić information content (AvgIpc) is 2.59. The number of hydrogen-bond acceptors (Lipinski definition) is 3. The van der Waals surface area contributed by atoms with Crippen LogP contribution in [0.1, 0.15) is 5.56 Å². The third-order valence-corrected chi connectivity index (χ3v) is 3.88. The summed E-state index contributed by atoms with van der Waals surface area (Å²) < 4.78 is 5.85. The third kappa shape index (κ3) is 5.07. The number of benzene rings is 2. The van der Waals surface area contributed by atoms with Gasteiger partial charge in [-0.3, -0.25) is 4.79 Å². The number of nitrogens with zero attached hydrogens (tertiary/aromatic N) is 1.